The van der Waals surface area contributed by atoms with Crippen LogP contribution in [0.15, 0.2) is 0 Å². The summed E-state index contributed by atoms with van der Waals surface area (Å²) in [5.41, 5.74) is 5.42. The van der Waals surface area contributed by atoms with Crippen LogP contribution in [0.25, 0.3) is 0 Å². The molecule has 0 aromatic heterocycles. The maximum Gasteiger partial charge on any atom is 0.223 e. The first-order valence-electron chi connectivity index (χ1n) is 6.73. The first-order chi connectivity index (χ1) is 7.75. The predicted octanol–water partition coefficient (Wildman–Crippen LogP) is 2.06. The van der Waals surface area contributed by atoms with Gasteiger partial charge >= 0.3 is 0 Å². The van der Waals surface area contributed by atoms with Crippen LogP contribution >= 0.6 is 0 Å². The second kappa shape index (κ2) is 7.66. The normalized spacial score (nSPS) is 24.6. The number of nitrogens with one attached hydrogen (secondary N) is 1. The highest BCUT2D eigenvalue weighted by Crippen LogP contribution is 2.31. The van der Waals surface area contributed by atoms with Crippen molar-refractivity contribution in [1.82, 2.24) is 5.32 Å². The highest BCUT2D eigenvalue weighted by Gasteiger charge is 2.29. The van der Waals surface area contributed by atoms with Gasteiger partial charge in [0.1, 0.15) is 0 Å². The zero-order valence-electron chi connectivity index (χ0n) is 10.5. The van der Waals surface area contributed by atoms with Gasteiger partial charge in [0.25, 0.3) is 0 Å². The largest absolute Gasteiger partial charge is 0.356 e. The predicted molar refractivity (Wildman–Crippen MR) is 67.0 cm³/mol. The van der Waals surface area contributed by atoms with Crippen molar-refractivity contribution in [3.63, 3.8) is 0 Å². The Kier molecular flexibility index (Phi) is 6.46. The zero-order chi connectivity index (χ0) is 11.8. The van der Waals surface area contributed by atoms with Gasteiger partial charge < -0.3 is 11.1 Å². The van der Waals surface area contributed by atoms with E-state index in [1.54, 1.807) is 0 Å². The van der Waals surface area contributed by atoms with Crippen LogP contribution in [-0.4, -0.2) is 19.0 Å². The monoisotopic (exact) mass is 226 g/mol. The highest BCUT2D eigenvalue weighted by atomic mass is 16.1. The van der Waals surface area contributed by atoms with Crippen molar-refractivity contribution in [2.45, 2.75) is 51.9 Å². The van der Waals surface area contributed by atoms with E-state index in [1.165, 1.54) is 25.7 Å². The zero-order valence-corrected chi connectivity index (χ0v) is 10.5. The van der Waals surface area contributed by atoms with Crippen molar-refractivity contribution in [3.8, 4) is 0 Å². The van der Waals surface area contributed by atoms with Crippen LogP contribution in [0.1, 0.15) is 51.9 Å². The van der Waals surface area contributed by atoms with Gasteiger partial charge in [0.15, 0.2) is 0 Å². The summed E-state index contributed by atoms with van der Waals surface area (Å²) in [6.45, 7) is 3.82. The van der Waals surface area contributed by atoms with Crippen LogP contribution in [0.4, 0.5) is 0 Å². The molecule has 94 valence electrons. The Labute approximate surface area is 99.2 Å². The Balaban J connectivity index is 2.02. The van der Waals surface area contributed by atoms with Gasteiger partial charge in [-0.05, 0) is 38.1 Å². The molecule has 1 aliphatic rings. The lowest BCUT2D eigenvalue weighted by Crippen LogP contribution is -2.32. The Morgan fingerprint density at radius 3 is 2.62 bits per heavy atom. The van der Waals surface area contributed by atoms with Gasteiger partial charge in [0.2, 0.25) is 5.91 Å². The molecule has 0 aliphatic heterocycles. The van der Waals surface area contributed by atoms with Crippen LogP contribution < -0.4 is 11.1 Å². The molecule has 1 rings (SSSR count). The number of carbonyl (C=O) groups excluding carboxylic acids is 1. The SMILES string of the molecule is CC1CCCC1C(=O)NCCCCCCN. The van der Waals surface area contributed by atoms with E-state index in [-0.39, 0.29) is 11.8 Å². The summed E-state index contributed by atoms with van der Waals surface area (Å²) in [5, 5.41) is 3.06. The summed E-state index contributed by atoms with van der Waals surface area (Å²) in [6.07, 6.45) is 8.08. The quantitative estimate of drug-likeness (QED) is 0.653. The van der Waals surface area contributed by atoms with E-state index in [0.29, 0.717) is 5.92 Å². The molecule has 0 aromatic carbocycles. The van der Waals surface area contributed by atoms with Gasteiger partial charge in [-0.25, -0.2) is 0 Å². The van der Waals surface area contributed by atoms with Gasteiger partial charge in [0, 0.05) is 12.5 Å². The Morgan fingerprint density at radius 1 is 1.25 bits per heavy atom. The van der Waals surface area contributed by atoms with Crippen LogP contribution in [0.5, 0.6) is 0 Å². The first-order valence-corrected chi connectivity index (χ1v) is 6.73. The minimum Gasteiger partial charge on any atom is -0.356 e. The maximum atomic E-state index is 11.8. The summed E-state index contributed by atoms with van der Waals surface area (Å²) in [6, 6.07) is 0. The molecule has 0 radical (unpaired) electrons. The standard InChI is InChI=1S/C13H26N2O/c1-11-7-6-8-12(11)13(16)15-10-5-3-2-4-9-14/h11-12H,2-10,14H2,1H3,(H,15,16). The molecular weight excluding hydrogens is 200 g/mol. The third-order valence-corrected chi connectivity index (χ3v) is 3.63. The Bertz CT molecular complexity index is 206. The number of carbonyl (C=O) groups is 1. The van der Waals surface area contributed by atoms with Crippen LogP contribution in [0, 0.1) is 11.8 Å². The summed E-state index contributed by atoms with van der Waals surface area (Å²) in [4.78, 5) is 11.8. The molecule has 0 bridgehead atoms. The average molecular weight is 226 g/mol. The van der Waals surface area contributed by atoms with Crippen molar-refractivity contribution in [2.24, 2.45) is 17.6 Å². The van der Waals surface area contributed by atoms with Gasteiger partial charge in [0.05, 0.1) is 0 Å². The smallest absolute Gasteiger partial charge is 0.223 e. The highest BCUT2D eigenvalue weighted by molar-refractivity contribution is 5.79. The number of amides is 1. The van der Waals surface area contributed by atoms with Crippen LogP contribution in [0.3, 0.4) is 0 Å². The topological polar surface area (TPSA) is 55.1 Å². The van der Waals surface area contributed by atoms with E-state index in [1.807, 2.05) is 0 Å². The number of rotatable bonds is 7. The third kappa shape index (κ3) is 4.52. The lowest BCUT2D eigenvalue weighted by molar-refractivity contribution is -0.125. The fraction of sp³-hybridized carbons (Fsp3) is 0.923. The Morgan fingerprint density at radius 2 is 2.00 bits per heavy atom. The van der Waals surface area contributed by atoms with E-state index in [9.17, 15) is 4.79 Å². The molecule has 1 fully saturated rings. The molecule has 0 saturated heterocycles. The second-order valence-corrected chi connectivity index (χ2v) is 5.01. The fourth-order valence-corrected chi connectivity index (χ4v) is 2.50. The van der Waals surface area contributed by atoms with Crippen molar-refractivity contribution in [2.75, 3.05) is 13.1 Å². The number of hydrogen-bond acceptors (Lipinski definition) is 2. The van der Waals surface area contributed by atoms with Crippen molar-refractivity contribution >= 4 is 5.91 Å². The van der Waals surface area contributed by atoms with E-state index in [4.69, 9.17) is 5.73 Å². The molecule has 3 N–H and O–H groups in total. The maximum absolute atomic E-state index is 11.8. The minimum absolute atomic E-state index is 0.281. The molecule has 0 aromatic rings. The third-order valence-electron chi connectivity index (χ3n) is 3.63. The van der Waals surface area contributed by atoms with Crippen molar-refractivity contribution in [1.29, 1.82) is 0 Å². The van der Waals surface area contributed by atoms with E-state index in [0.717, 1.165) is 32.4 Å². The Hall–Kier alpha value is -0.570. The second-order valence-electron chi connectivity index (χ2n) is 5.01. The summed E-state index contributed by atoms with van der Waals surface area (Å²) >= 11 is 0. The lowest BCUT2D eigenvalue weighted by atomic mass is 9.97. The molecule has 1 saturated carbocycles. The minimum atomic E-state index is 0.281. The molecule has 2 atom stereocenters. The summed E-state index contributed by atoms with van der Waals surface area (Å²) < 4.78 is 0. The first kappa shape index (κ1) is 13.5. The lowest BCUT2D eigenvalue weighted by Gasteiger charge is -2.14. The molecule has 0 spiro atoms. The van der Waals surface area contributed by atoms with Crippen LogP contribution in [0.2, 0.25) is 0 Å². The van der Waals surface area contributed by atoms with E-state index in [2.05, 4.69) is 12.2 Å². The molecule has 3 nitrogen and oxygen atoms in total. The van der Waals surface area contributed by atoms with Gasteiger partial charge in [-0.2, -0.15) is 0 Å². The van der Waals surface area contributed by atoms with Gasteiger partial charge in [-0.1, -0.05) is 26.2 Å². The molecule has 1 aliphatic carbocycles. The fourth-order valence-electron chi connectivity index (χ4n) is 2.50. The van der Waals surface area contributed by atoms with E-state index < -0.39 is 0 Å². The number of unbranched alkanes of at least 4 members (excludes halogenated alkanes) is 3. The van der Waals surface area contributed by atoms with Gasteiger partial charge in [-0.15, -0.1) is 0 Å². The van der Waals surface area contributed by atoms with E-state index >= 15 is 0 Å². The molecular formula is C13H26N2O. The number of hydrogen-bond donors (Lipinski definition) is 2. The van der Waals surface area contributed by atoms with Crippen molar-refractivity contribution < 1.29 is 4.79 Å². The van der Waals surface area contributed by atoms with Crippen molar-refractivity contribution in [3.05, 3.63) is 0 Å². The molecule has 16 heavy (non-hydrogen) atoms. The summed E-state index contributed by atoms with van der Waals surface area (Å²) in [5.74, 6) is 1.14. The molecule has 3 heteroatoms. The van der Waals surface area contributed by atoms with Gasteiger partial charge in [-0.3, -0.25) is 4.79 Å². The molecule has 2 unspecified atom stereocenters. The molecule has 1 amide bonds. The summed E-state index contributed by atoms with van der Waals surface area (Å²) in [7, 11) is 0. The molecule has 0 heterocycles. The number of nitrogens with two attached hydrogens (primary N) is 1. The average Bonchev–Trinajstić information content (AvgIpc) is 2.69. The van der Waals surface area contributed by atoms with Crippen LogP contribution in [-0.2, 0) is 4.79 Å².